The van der Waals surface area contributed by atoms with Gasteiger partial charge in [-0.15, -0.1) is 11.8 Å². The molecule has 5 heteroatoms. The Morgan fingerprint density at radius 3 is 2.81 bits per heavy atom. The molecule has 0 amide bonds. The van der Waals surface area contributed by atoms with Crippen molar-refractivity contribution in [3.63, 3.8) is 0 Å². The molecule has 1 aliphatic heterocycles. The predicted octanol–water partition coefficient (Wildman–Crippen LogP) is 3.23. The number of hydrogen-bond donors (Lipinski definition) is 2. The summed E-state index contributed by atoms with van der Waals surface area (Å²) in [6, 6.07) is 12.3. The second-order valence-electron chi connectivity index (χ2n) is 5.15. The van der Waals surface area contributed by atoms with Gasteiger partial charge < -0.3 is 0 Å². The van der Waals surface area contributed by atoms with Crippen LogP contribution in [0.4, 0.5) is 8.78 Å². The van der Waals surface area contributed by atoms with Gasteiger partial charge in [0.15, 0.2) is 11.6 Å². The van der Waals surface area contributed by atoms with Gasteiger partial charge >= 0.3 is 0 Å². The average Bonchev–Trinajstić information content (AvgIpc) is 2.93. The zero-order valence-electron chi connectivity index (χ0n) is 11.4. The molecule has 21 heavy (non-hydrogen) atoms. The van der Waals surface area contributed by atoms with Crippen molar-refractivity contribution in [1.82, 2.24) is 5.43 Å². The molecule has 0 radical (unpaired) electrons. The Balaban J connectivity index is 1.85. The van der Waals surface area contributed by atoms with Crippen molar-refractivity contribution in [2.24, 2.45) is 5.84 Å². The van der Waals surface area contributed by atoms with Crippen molar-refractivity contribution in [3.8, 4) is 0 Å². The van der Waals surface area contributed by atoms with Crippen LogP contribution in [0, 0.1) is 11.6 Å². The molecule has 2 atom stereocenters. The van der Waals surface area contributed by atoms with Crippen molar-refractivity contribution < 1.29 is 8.78 Å². The van der Waals surface area contributed by atoms with Crippen LogP contribution < -0.4 is 11.3 Å². The van der Waals surface area contributed by atoms with Gasteiger partial charge in [0.05, 0.1) is 0 Å². The number of thioether (sulfide) groups is 1. The van der Waals surface area contributed by atoms with Gasteiger partial charge in [-0.3, -0.25) is 11.3 Å². The van der Waals surface area contributed by atoms with Crippen LogP contribution in [0.25, 0.3) is 0 Å². The first-order valence-electron chi connectivity index (χ1n) is 6.81. The molecule has 3 rings (SSSR count). The SMILES string of the molecule is NNC(Cc1cccc(F)c1F)C1CSc2ccccc21. The maximum absolute atomic E-state index is 13.8. The second kappa shape index (κ2) is 6.13. The standard InChI is InChI=1S/C16H16F2N2S/c17-13-6-3-4-10(16(13)18)8-14(20-19)12-9-21-15-7-2-1-5-11(12)15/h1-7,12,14,20H,8-9,19H2. The van der Waals surface area contributed by atoms with E-state index in [0.717, 1.165) is 11.8 Å². The first-order chi connectivity index (χ1) is 10.2. The first kappa shape index (κ1) is 14.5. The highest BCUT2D eigenvalue weighted by atomic mass is 32.2. The van der Waals surface area contributed by atoms with Crippen molar-refractivity contribution in [3.05, 3.63) is 65.2 Å². The minimum Gasteiger partial charge on any atom is -0.271 e. The summed E-state index contributed by atoms with van der Waals surface area (Å²) >= 11 is 1.77. The Kier molecular flexibility index (Phi) is 4.24. The van der Waals surface area contributed by atoms with E-state index in [2.05, 4.69) is 17.6 Å². The lowest BCUT2D eigenvalue weighted by molar-refractivity contribution is 0.443. The van der Waals surface area contributed by atoms with E-state index in [1.165, 1.54) is 16.5 Å². The normalized spacial score (nSPS) is 18.5. The van der Waals surface area contributed by atoms with E-state index in [1.54, 1.807) is 17.8 Å². The third kappa shape index (κ3) is 2.81. The topological polar surface area (TPSA) is 38.0 Å². The minimum absolute atomic E-state index is 0.127. The summed E-state index contributed by atoms with van der Waals surface area (Å²) in [6.45, 7) is 0. The monoisotopic (exact) mass is 306 g/mol. The molecular formula is C16H16F2N2S. The van der Waals surface area contributed by atoms with Crippen LogP contribution in [0.5, 0.6) is 0 Å². The van der Waals surface area contributed by atoms with Crippen molar-refractivity contribution in [2.45, 2.75) is 23.3 Å². The predicted molar refractivity (Wildman–Crippen MR) is 81.1 cm³/mol. The number of fused-ring (bicyclic) bond motifs is 1. The summed E-state index contributed by atoms with van der Waals surface area (Å²) in [5, 5.41) is 0. The molecule has 0 spiro atoms. The maximum atomic E-state index is 13.8. The molecule has 110 valence electrons. The Labute approximate surface area is 126 Å². The van der Waals surface area contributed by atoms with E-state index in [0.29, 0.717) is 12.0 Å². The van der Waals surface area contributed by atoms with E-state index in [1.807, 2.05) is 12.1 Å². The van der Waals surface area contributed by atoms with Crippen LogP contribution in [0.3, 0.4) is 0 Å². The molecule has 2 aromatic rings. The lowest BCUT2D eigenvalue weighted by Gasteiger charge is -2.23. The number of benzene rings is 2. The molecule has 1 aliphatic rings. The van der Waals surface area contributed by atoms with Gasteiger partial charge in [0.1, 0.15) is 0 Å². The van der Waals surface area contributed by atoms with E-state index in [4.69, 9.17) is 5.84 Å². The number of halogens is 2. The molecule has 0 fully saturated rings. The van der Waals surface area contributed by atoms with Crippen LogP contribution in [0.15, 0.2) is 47.4 Å². The molecule has 0 saturated carbocycles. The van der Waals surface area contributed by atoms with Gasteiger partial charge in [0, 0.05) is 22.6 Å². The summed E-state index contributed by atoms with van der Waals surface area (Å²) in [4.78, 5) is 1.24. The molecule has 0 saturated heterocycles. The van der Waals surface area contributed by atoms with Gasteiger partial charge in [-0.25, -0.2) is 8.78 Å². The molecule has 2 aromatic carbocycles. The van der Waals surface area contributed by atoms with Gasteiger partial charge in [0.2, 0.25) is 0 Å². The van der Waals surface area contributed by atoms with Gasteiger partial charge in [-0.2, -0.15) is 0 Å². The molecule has 2 unspecified atom stereocenters. The number of hydrogen-bond acceptors (Lipinski definition) is 3. The van der Waals surface area contributed by atoms with Gasteiger partial charge in [-0.05, 0) is 29.7 Å². The smallest absolute Gasteiger partial charge is 0.162 e. The zero-order chi connectivity index (χ0) is 14.8. The van der Waals surface area contributed by atoms with Crippen LogP contribution >= 0.6 is 11.8 Å². The van der Waals surface area contributed by atoms with Crippen molar-refractivity contribution in [1.29, 1.82) is 0 Å². The summed E-state index contributed by atoms with van der Waals surface area (Å²) < 4.78 is 27.2. The Hall–Kier alpha value is -1.43. The first-order valence-corrected chi connectivity index (χ1v) is 7.80. The van der Waals surface area contributed by atoms with E-state index in [9.17, 15) is 8.78 Å². The fourth-order valence-corrected chi connectivity index (χ4v) is 4.11. The molecule has 3 N–H and O–H groups in total. The Morgan fingerprint density at radius 1 is 1.19 bits per heavy atom. The summed E-state index contributed by atoms with van der Waals surface area (Å²) in [5.41, 5.74) is 4.36. The fourth-order valence-electron chi connectivity index (χ4n) is 2.78. The van der Waals surface area contributed by atoms with Crippen molar-refractivity contribution in [2.75, 3.05) is 5.75 Å². The zero-order valence-corrected chi connectivity index (χ0v) is 12.2. The summed E-state index contributed by atoms with van der Waals surface area (Å²) in [6.07, 6.45) is 0.361. The number of nitrogens with one attached hydrogen (secondary N) is 1. The summed E-state index contributed by atoms with van der Waals surface area (Å²) in [7, 11) is 0. The molecule has 0 bridgehead atoms. The maximum Gasteiger partial charge on any atom is 0.162 e. The van der Waals surface area contributed by atoms with E-state index in [-0.39, 0.29) is 12.0 Å². The highest BCUT2D eigenvalue weighted by Gasteiger charge is 2.30. The van der Waals surface area contributed by atoms with E-state index < -0.39 is 11.6 Å². The molecular weight excluding hydrogens is 290 g/mol. The molecule has 0 aliphatic carbocycles. The highest BCUT2D eigenvalue weighted by Crippen LogP contribution is 2.41. The lowest BCUT2D eigenvalue weighted by Crippen LogP contribution is -2.41. The van der Waals surface area contributed by atoms with Crippen LogP contribution in [0.1, 0.15) is 17.0 Å². The minimum atomic E-state index is -0.815. The Morgan fingerprint density at radius 2 is 2.00 bits per heavy atom. The lowest BCUT2D eigenvalue weighted by atomic mass is 9.89. The van der Waals surface area contributed by atoms with Crippen LogP contribution in [-0.4, -0.2) is 11.8 Å². The van der Waals surface area contributed by atoms with Gasteiger partial charge in [-0.1, -0.05) is 30.3 Å². The highest BCUT2D eigenvalue weighted by molar-refractivity contribution is 7.99. The third-order valence-electron chi connectivity index (χ3n) is 3.91. The van der Waals surface area contributed by atoms with Gasteiger partial charge in [0.25, 0.3) is 0 Å². The fraction of sp³-hybridized carbons (Fsp3) is 0.250. The van der Waals surface area contributed by atoms with E-state index >= 15 is 0 Å². The number of nitrogens with two attached hydrogens (primary N) is 1. The van der Waals surface area contributed by atoms with Crippen LogP contribution in [-0.2, 0) is 6.42 Å². The second-order valence-corrected chi connectivity index (χ2v) is 6.21. The number of rotatable bonds is 4. The Bertz CT molecular complexity index is 648. The molecule has 1 heterocycles. The quantitative estimate of drug-likeness (QED) is 0.673. The number of hydrazine groups is 1. The average molecular weight is 306 g/mol. The largest absolute Gasteiger partial charge is 0.271 e. The summed E-state index contributed by atoms with van der Waals surface area (Å²) in [5.74, 6) is 5.16. The molecule has 2 nitrogen and oxygen atoms in total. The molecule has 0 aromatic heterocycles. The van der Waals surface area contributed by atoms with Crippen LogP contribution in [0.2, 0.25) is 0 Å². The third-order valence-corrected chi connectivity index (χ3v) is 5.12. The van der Waals surface area contributed by atoms with Crippen molar-refractivity contribution >= 4 is 11.8 Å².